The molecule has 0 unspecified atom stereocenters. The number of hydrogen-bond donors (Lipinski definition) is 2. The number of anilines is 1. The van der Waals surface area contributed by atoms with Gasteiger partial charge in [0.25, 0.3) is 0 Å². The van der Waals surface area contributed by atoms with Crippen LogP contribution in [-0.2, 0) is 9.59 Å². The van der Waals surface area contributed by atoms with Gasteiger partial charge in [-0.05, 0) is 30.7 Å². The number of aromatic nitrogens is 2. The molecule has 0 saturated carbocycles. The minimum absolute atomic E-state index is 0.138. The predicted octanol–water partition coefficient (Wildman–Crippen LogP) is 2.18. The van der Waals surface area contributed by atoms with Crippen molar-refractivity contribution in [2.75, 3.05) is 5.73 Å². The second kappa shape index (κ2) is 6.39. The van der Waals surface area contributed by atoms with Crippen LogP contribution in [0, 0.1) is 0 Å². The number of fused-ring (bicyclic) bond motifs is 3. The molecular weight excluding hydrogens is 292 g/mol. The summed E-state index contributed by atoms with van der Waals surface area (Å²) in [5.41, 5.74) is 8.48. The van der Waals surface area contributed by atoms with E-state index >= 15 is 0 Å². The quantitative estimate of drug-likeness (QED) is 0.377. The average Bonchev–Trinajstić information content (AvgIpc) is 2.56. The number of pyridine rings is 2. The topological polar surface area (TPSA) is 98.0 Å². The SMILES string of the molecule is Nc1cc2cccnc2c2ncccc12.O=C1CCCC(=O)N1. The Bertz CT molecular complexity index is 878. The lowest BCUT2D eigenvalue weighted by atomic mass is 10.1. The van der Waals surface area contributed by atoms with Crippen molar-refractivity contribution in [2.24, 2.45) is 0 Å². The molecule has 1 fully saturated rings. The standard InChI is InChI=1S/C12H9N3.C5H7NO2/c13-10-7-8-3-1-5-14-11(8)12-9(10)4-2-6-15-12;7-4-2-1-3-5(8)6-4/h1-7H,13H2;1-3H2,(H,6,7,8). The Morgan fingerprint density at radius 3 is 2.26 bits per heavy atom. The number of piperidine rings is 1. The zero-order valence-electron chi connectivity index (χ0n) is 12.5. The molecule has 0 atom stereocenters. The Morgan fingerprint density at radius 1 is 0.957 bits per heavy atom. The number of carbonyl (C=O) groups excluding carboxylic acids is 2. The number of benzene rings is 1. The number of nitrogens with zero attached hydrogens (tertiary/aromatic N) is 2. The van der Waals surface area contributed by atoms with Crippen molar-refractivity contribution in [2.45, 2.75) is 19.3 Å². The van der Waals surface area contributed by atoms with Crippen molar-refractivity contribution in [3.8, 4) is 0 Å². The Morgan fingerprint density at radius 2 is 1.61 bits per heavy atom. The number of amides is 2. The van der Waals surface area contributed by atoms with Crippen LogP contribution in [0.4, 0.5) is 5.69 Å². The molecule has 1 aromatic carbocycles. The first-order valence-electron chi connectivity index (χ1n) is 7.36. The smallest absolute Gasteiger partial charge is 0.226 e. The fourth-order valence-electron chi connectivity index (χ4n) is 2.49. The van der Waals surface area contributed by atoms with Crippen LogP contribution in [0.1, 0.15) is 19.3 Å². The van der Waals surface area contributed by atoms with Crippen molar-refractivity contribution < 1.29 is 9.59 Å². The van der Waals surface area contributed by atoms with E-state index in [1.165, 1.54) is 0 Å². The van der Waals surface area contributed by atoms with Crippen molar-refractivity contribution >= 4 is 39.3 Å². The number of nitrogens with one attached hydrogen (secondary N) is 1. The van der Waals surface area contributed by atoms with Gasteiger partial charge in [-0.1, -0.05) is 6.07 Å². The zero-order chi connectivity index (χ0) is 16.2. The number of imide groups is 1. The van der Waals surface area contributed by atoms with Gasteiger partial charge in [0.1, 0.15) is 0 Å². The maximum absolute atomic E-state index is 10.3. The lowest BCUT2D eigenvalue weighted by molar-refractivity contribution is -0.132. The molecule has 2 aromatic heterocycles. The lowest BCUT2D eigenvalue weighted by Crippen LogP contribution is -2.33. The highest BCUT2D eigenvalue weighted by molar-refractivity contribution is 6.08. The Kier molecular flexibility index (Phi) is 4.14. The largest absolute Gasteiger partial charge is 0.398 e. The monoisotopic (exact) mass is 308 g/mol. The van der Waals surface area contributed by atoms with E-state index in [-0.39, 0.29) is 11.8 Å². The average molecular weight is 308 g/mol. The molecule has 3 aromatic rings. The van der Waals surface area contributed by atoms with Gasteiger partial charge in [-0.2, -0.15) is 0 Å². The third-order valence-corrected chi connectivity index (χ3v) is 3.58. The highest BCUT2D eigenvalue weighted by Gasteiger charge is 2.13. The summed E-state index contributed by atoms with van der Waals surface area (Å²) in [7, 11) is 0. The van der Waals surface area contributed by atoms with E-state index < -0.39 is 0 Å². The highest BCUT2D eigenvalue weighted by Crippen LogP contribution is 2.26. The van der Waals surface area contributed by atoms with Crippen LogP contribution in [0.2, 0.25) is 0 Å². The molecule has 3 heterocycles. The second-order valence-corrected chi connectivity index (χ2v) is 5.27. The first-order valence-corrected chi connectivity index (χ1v) is 7.36. The summed E-state index contributed by atoms with van der Waals surface area (Å²) >= 11 is 0. The molecule has 0 bridgehead atoms. The number of carbonyl (C=O) groups is 2. The van der Waals surface area contributed by atoms with E-state index in [0.717, 1.165) is 27.5 Å². The Balaban J connectivity index is 0.000000166. The summed E-state index contributed by atoms with van der Waals surface area (Å²) in [6.45, 7) is 0. The maximum atomic E-state index is 10.3. The molecule has 116 valence electrons. The van der Waals surface area contributed by atoms with Gasteiger partial charge in [-0.15, -0.1) is 0 Å². The molecular formula is C17H16N4O2. The van der Waals surface area contributed by atoms with Crippen LogP contribution in [0.15, 0.2) is 42.7 Å². The fourth-order valence-corrected chi connectivity index (χ4v) is 2.49. The number of rotatable bonds is 0. The maximum Gasteiger partial charge on any atom is 0.226 e. The number of nitrogens with two attached hydrogens (primary N) is 1. The van der Waals surface area contributed by atoms with Crippen LogP contribution >= 0.6 is 0 Å². The number of hydrogen-bond acceptors (Lipinski definition) is 5. The minimum atomic E-state index is -0.138. The van der Waals surface area contributed by atoms with Crippen molar-refractivity contribution in [3.63, 3.8) is 0 Å². The highest BCUT2D eigenvalue weighted by atomic mass is 16.2. The minimum Gasteiger partial charge on any atom is -0.398 e. The van der Waals surface area contributed by atoms with E-state index in [1.807, 2.05) is 30.3 Å². The Labute approximate surface area is 132 Å². The summed E-state index contributed by atoms with van der Waals surface area (Å²) in [6.07, 6.45) is 5.25. The Hall–Kier alpha value is -3.02. The van der Waals surface area contributed by atoms with Crippen molar-refractivity contribution in [1.29, 1.82) is 0 Å². The molecule has 1 aliphatic rings. The first-order chi connectivity index (χ1) is 11.1. The van der Waals surface area contributed by atoms with E-state index in [1.54, 1.807) is 12.4 Å². The van der Waals surface area contributed by atoms with E-state index in [0.29, 0.717) is 19.3 Å². The van der Waals surface area contributed by atoms with E-state index in [4.69, 9.17) is 5.73 Å². The normalized spacial score (nSPS) is 14.3. The fraction of sp³-hybridized carbons (Fsp3) is 0.176. The summed E-state index contributed by atoms with van der Waals surface area (Å²) in [5, 5.41) is 4.19. The van der Waals surface area contributed by atoms with Gasteiger partial charge in [0.15, 0.2) is 0 Å². The van der Waals surface area contributed by atoms with E-state index in [9.17, 15) is 9.59 Å². The predicted molar refractivity (Wildman–Crippen MR) is 88.5 cm³/mol. The van der Waals surface area contributed by atoms with Crippen LogP contribution < -0.4 is 11.1 Å². The summed E-state index contributed by atoms with van der Waals surface area (Å²) in [6, 6.07) is 9.68. The molecule has 0 radical (unpaired) electrons. The van der Waals surface area contributed by atoms with Gasteiger partial charge < -0.3 is 5.73 Å². The molecule has 6 heteroatoms. The van der Waals surface area contributed by atoms with Gasteiger partial charge in [-0.25, -0.2) is 0 Å². The molecule has 3 N–H and O–H groups in total. The summed E-state index contributed by atoms with van der Waals surface area (Å²) < 4.78 is 0. The third-order valence-electron chi connectivity index (χ3n) is 3.58. The van der Waals surface area contributed by atoms with Gasteiger partial charge in [0, 0.05) is 41.7 Å². The first kappa shape index (κ1) is 14.9. The lowest BCUT2D eigenvalue weighted by Gasteiger charge is -2.07. The molecule has 4 rings (SSSR count). The van der Waals surface area contributed by atoms with Gasteiger partial charge >= 0.3 is 0 Å². The number of nitrogen functional groups attached to an aromatic ring is 1. The molecule has 0 aliphatic carbocycles. The van der Waals surface area contributed by atoms with Crippen molar-refractivity contribution in [1.82, 2.24) is 15.3 Å². The summed E-state index contributed by atoms with van der Waals surface area (Å²) in [4.78, 5) is 29.3. The summed E-state index contributed by atoms with van der Waals surface area (Å²) in [5.74, 6) is -0.275. The zero-order valence-corrected chi connectivity index (χ0v) is 12.5. The van der Waals surface area contributed by atoms with E-state index in [2.05, 4.69) is 15.3 Å². The van der Waals surface area contributed by atoms with Crippen LogP contribution in [-0.4, -0.2) is 21.8 Å². The molecule has 1 aliphatic heterocycles. The molecule has 23 heavy (non-hydrogen) atoms. The molecule has 2 amide bonds. The molecule has 6 nitrogen and oxygen atoms in total. The second-order valence-electron chi connectivity index (χ2n) is 5.27. The molecule has 1 saturated heterocycles. The van der Waals surface area contributed by atoms with Gasteiger partial charge in [0.2, 0.25) is 11.8 Å². The van der Waals surface area contributed by atoms with Gasteiger partial charge in [-0.3, -0.25) is 24.9 Å². The van der Waals surface area contributed by atoms with Crippen molar-refractivity contribution in [3.05, 3.63) is 42.7 Å². The molecule has 0 spiro atoms. The van der Waals surface area contributed by atoms with Crippen LogP contribution in [0.5, 0.6) is 0 Å². The van der Waals surface area contributed by atoms with Crippen LogP contribution in [0.25, 0.3) is 21.8 Å². The third kappa shape index (κ3) is 3.26. The van der Waals surface area contributed by atoms with Crippen LogP contribution in [0.3, 0.4) is 0 Å². The van der Waals surface area contributed by atoms with Gasteiger partial charge in [0.05, 0.1) is 11.0 Å².